The zero-order valence-electron chi connectivity index (χ0n) is 12.5. The maximum absolute atomic E-state index is 12.0. The molecule has 1 saturated heterocycles. The van der Waals surface area contributed by atoms with Gasteiger partial charge in [0.1, 0.15) is 0 Å². The molecule has 2 heterocycles. The van der Waals surface area contributed by atoms with Crippen molar-refractivity contribution in [3.63, 3.8) is 0 Å². The highest BCUT2D eigenvalue weighted by atomic mass is 16.2. The summed E-state index contributed by atoms with van der Waals surface area (Å²) in [5.74, 6) is 0.0952. The molecule has 0 bridgehead atoms. The molecule has 0 unspecified atom stereocenters. The van der Waals surface area contributed by atoms with Gasteiger partial charge in [0.2, 0.25) is 5.91 Å². The van der Waals surface area contributed by atoms with E-state index >= 15 is 0 Å². The number of nitrogens with zero attached hydrogens (tertiary/aromatic N) is 3. The van der Waals surface area contributed by atoms with Gasteiger partial charge >= 0.3 is 0 Å². The lowest BCUT2D eigenvalue weighted by molar-refractivity contribution is -0.122. The first-order chi connectivity index (χ1) is 9.69. The normalized spacial score (nSPS) is 16.9. The number of rotatable bonds is 5. The van der Waals surface area contributed by atoms with Gasteiger partial charge in [-0.2, -0.15) is 5.10 Å². The van der Waals surface area contributed by atoms with Gasteiger partial charge in [-0.1, -0.05) is 6.92 Å². The van der Waals surface area contributed by atoms with E-state index in [9.17, 15) is 4.79 Å². The van der Waals surface area contributed by atoms with E-state index in [1.165, 1.54) is 0 Å². The van der Waals surface area contributed by atoms with E-state index in [1.807, 2.05) is 13.2 Å². The molecule has 0 saturated carbocycles. The van der Waals surface area contributed by atoms with Crippen LogP contribution in [-0.2, 0) is 24.8 Å². The molecule has 0 atom stereocenters. The van der Waals surface area contributed by atoms with Gasteiger partial charge < -0.3 is 10.6 Å². The number of nitrogens with one attached hydrogen (secondary N) is 2. The van der Waals surface area contributed by atoms with Crippen LogP contribution in [0.5, 0.6) is 0 Å². The van der Waals surface area contributed by atoms with Gasteiger partial charge in [-0.3, -0.25) is 14.4 Å². The van der Waals surface area contributed by atoms with Crippen LogP contribution >= 0.6 is 0 Å². The van der Waals surface area contributed by atoms with E-state index in [-0.39, 0.29) is 5.91 Å². The summed E-state index contributed by atoms with van der Waals surface area (Å²) in [6.07, 6.45) is 3.98. The smallest absolute Gasteiger partial charge is 0.234 e. The van der Waals surface area contributed by atoms with E-state index in [0.29, 0.717) is 13.1 Å². The van der Waals surface area contributed by atoms with Gasteiger partial charge in [-0.25, -0.2) is 0 Å². The average molecular weight is 279 g/mol. The highest BCUT2D eigenvalue weighted by Gasteiger charge is 2.13. The van der Waals surface area contributed by atoms with Crippen molar-refractivity contribution >= 4 is 5.91 Å². The molecule has 6 heteroatoms. The second-order valence-corrected chi connectivity index (χ2v) is 5.28. The monoisotopic (exact) mass is 279 g/mol. The first-order valence-electron chi connectivity index (χ1n) is 7.40. The summed E-state index contributed by atoms with van der Waals surface area (Å²) in [6.45, 7) is 7.10. The molecule has 6 nitrogen and oxygen atoms in total. The van der Waals surface area contributed by atoms with Crippen LogP contribution < -0.4 is 10.6 Å². The van der Waals surface area contributed by atoms with E-state index < -0.39 is 0 Å². The fraction of sp³-hybridized carbons (Fsp3) is 0.714. The third-order valence-electron chi connectivity index (χ3n) is 3.60. The summed E-state index contributed by atoms with van der Waals surface area (Å²) >= 11 is 0. The molecule has 1 fully saturated rings. The second kappa shape index (κ2) is 7.40. The van der Waals surface area contributed by atoms with Crippen LogP contribution in [0.15, 0.2) is 6.20 Å². The van der Waals surface area contributed by atoms with Crippen molar-refractivity contribution < 1.29 is 4.79 Å². The Bertz CT molecular complexity index is 435. The van der Waals surface area contributed by atoms with Crippen LogP contribution in [0, 0.1) is 0 Å². The Morgan fingerprint density at radius 1 is 1.45 bits per heavy atom. The highest BCUT2D eigenvalue weighted by molar-refractivity contribution is 5.78. The van der Waals surface area contributed by atoms with E-state index in [1.54, 1.807) is 4.68 Å². The van der Waals surface area contributed by atoms with E-state index in [4.69, 9.17) is 0 Å². The van der Waals surface area contributed by atoms with Crippen LogP contribution in [0.3, 0.4) is 0 Å². The van der Waals surface area contributed by atoms with Gasteiger partial charge in [-0.15, -0.1) is 0 Å². The lowest BCUT2D eigenvalue weighted by Gasteiger charge is -2.18. The van der Waals surface area contributed by atoms with Gasteiger partial charge in [0.05, 0.1) is 12.2 Å². The minimum atomic E-state index is 0.0952. The van der Waals surface area contributed by atoms with Gasteiger partial charge in [0.15, 0.2) is 0 Å². The summed E-state index contributed by atoms with van der Waals surface area (Å²) < 4.78 is 1.81. The van der Waals surface area contributed by atoms with E-state index in [2.05, 4.69) is 27.6 Å². The van der Waals surface area contributed by atoms with Gasteiger partial charge in [0, 0.05) is 38.4 Å². The quantitative estimate of drug-likeness (QED) is 0.790. The zero-order chi connectivity index (χ0) is 14.4. The van der Waals surface area contributed by atoms with Crippen LogP contribution in [0.1, 0.15) is 24.6 Å². The largest absolute Gasteiger partial charge is 0.351 e. The minimum Gasteiger partial charge on any atom is -0.351 e. The maximum atomic E-state index is 12.0. The number of amides is 1. The molecule has 0 aliphatic carbocycles. The summed E-state index contributed by atoms with van der Waals surface area (Å²) in [5.41, 5.74) is 2.17. The summed E-state index contributed by atoms with van der Waals surface area (Å²) in [7, 11) is 1.91. The molecule has 1 aliphatic heterocycles. The fourth-order valence-electron chi connectivity index (χ4n) is 2.54. The first-order valence-corrected chi connectivity index (χ1v) is 7.40. The molecular weight excluding hydrogens is 254 g/mol. The molecule has 1 aromatic rings. The van der Waals surface area contributed by atoms with Crippen molar-refractivity contribution in [1.29, 1.82) is 0 Å². The second-order valence-electron chi connectivity index (χ2n) is 5.28. The van der Waals surface area contributed by atoms with Crippen LogP contribution in [0.25, 0.3) is 0 Å². The van der Waals surface area contributed by atoms with Crippen molar-refractivity contribution in [3.8, 4) is 0 Å². The molecule has 112 valence electrons. The number of carbonyl (C=O) groups excluding carboxylic acids is 1. The van der Waals surface area contributed by atoms with Gasteiger partial charge in [-0.05, 0) is 25.9 Å². The van der Waals surface area contributed by atoms with Crippen molar-refractivity contribution in [1.82, 2.24) is 25.3 Å². The van der Waals surface area contributed by atoms with Crippen LogP contribution in [-0.4, -0.2) is 53.3 Å². The summed E-state index contributed by atoms with van der Waals surface area (Å²) in [6, 6.07) is 0. The molecular formula is C14H25N5O. The Hall–Kier alpha value is -1.40. The van der Waals surface area contributed by atoms with Crippen LogP contribution in [0.4, 0.5) is 0 Å². The van der Waals surface area contributed by atoms with Crippen molar-refractivity contribution in [2.24, 2.45) is 7.05 Å². The molecule has 2 rings (SSSR count). The Morgan fingerprint density at radius 2 is 2.30 bits per heavy atom. The van der Waals surface area contributed by atoms with Crippen molar-refractivity contribution in [2.75, 3.05) is 32.7 Å². The number of aryl methyl sites for hydroxylation is 2. The Labute approximate surface area is 120 Å². The zero-order valence-corrected chi connectivity index (χ0v) is 12.5. The molecule has 2 N–H and O–H groups in total. The first kappa shape index (κ1) is 15.0. The molecule has 1 aliphatic rings. The Morgan fingerprint density at radius 3 is 3.10 bits per heavy atom. The van der Waals surface area contributed by atoms with Gasteiger partial charge in [0.25, 0.3) is 0 Å². The lowest BCUT2D eigenvalue weighted by Crippen LogP contribution is -2.38. The van der Waals surface area contributed by atoms with Crippen molar-refractivity contribution in [3.05, 3.63) is 17.5 Å². The number of carbonyl (C=O) groups is 1. The number of aromatic nitrogens is 2. The summed E-state index contributed by atoms with van der Waals surface area (Å²) in [5, 5.41) is 10.7. The number of hydrogen-bond acceptors (Lipinski definition) is 4. The molecule has 20 heavy (non-hydrogen) atoms. The Kier molecular flexibility index (Phi) is 5.55. The molecule has 1 aromatic heterocycles. The lowest BCUT2D eigenvalue weighted by atomic mass is 10.2. The predicted molar refractivity (Wildman–Crippen MR) is 78.4 cm³/mol. The highest BCUT2D eigenvalue weighted by Crippen LogP contribution is 2.06. The van der Waals surface area contributed by atoms with E-state index in [0.717, 1.165) is 50.3 Å². The minimum absolute atomic E-state index is 0.0952. The third-order valence-corrected chi connectivity index (χ3v) is 3.60. The average Bonchev–Trinajstić information content (AvgIpc) is 2.62. The molecule has 1 amide bonds. The summed E-state index contributed by atoms with van der Waals surface area (Å²) in [4.78, 5) is 14.2. The third kappa shape index (κ3) is 4.31. The van der Waals surface area contributed by atoms with Crippen LogP contribution in [0.2, 0.25) is 0 Å². The standard InChI is InChI=1S/C14H25N5O/c1-3-13-12(10-18(2)17-13)9-16-14(20)11-19-7-4-5-15-6-8-19/h10,15H,3-9,11H2,1-2H3,(H,16,20). The predicted octanol–water partition coefficient (Wildman–Crippen LogP) is -0.106. The molecule has 0 radical (unpaired) electrons. The van der Waals surface area contributed by atoms with Crippen molar-refractivity contribution in [2.45, 2.75) is 26.3 Å². The Balaban J connectivity index is 1.79. The topological polar surface area (TPSA) is 62.2 Å². The fourth-order valence-corrected chi connectivity index (χ4v) is 2.54. The molecule has 0 spiro atoms. The molecule has 0 aromatic carbocycles. The SMILES string of the molecule is CCc1nn(C)cc1CNC(=O)CN1CCCNCC1. The maximum Gasteiger partial charge on any atom is 0.234 e. The number of hydrogen-bond donors (Lipinski definition) is 2.